The van der Waals surface area contributed by atoms with E-state index >= 15 is 0 Å². The van der Waals surface area contributed by atoms with Crippen LogP contribution in [0.5, 0.6) is 17.2 Å². The maximum atomic E-state index is 12.8. The Hall–Kier alpha value is -3.06. The first-order valence-electron chi connectivity index (χ1n) is 9.77. The average molecular weight is 427 g/mol. The molecule has 1 aromatic heterocycles. The van der Waals surface area contributed by atoms with Gasteiger partial charge >= 0.3 is 0 Å². The van der Waals surface area contributed by atoms with Crippen molar-refractivity contribution in [1.82, 2.24) is 4.98 Å². The number of rotatable bonds is 9. The van der Waals surface area contributed by atoms with Crippen LogP contribution in [0.25, 0.3) is 11.3 Å². The lowest BCUT2D eigenvalue weighted by molar-refractivity contribution is 0.102. The molecular formula is C23H26N2O4S. The Morgan fingerprint density at radius 1 is 1.00 bits per heavy atom. The Bertz CT molecular complexity index is 999. The number of thiazole rings is 1. The third-order valence-electron chi connectivity index (χ3n) is 4.68. The second-order valence-electron chi connectivity index (χ2n) is 6.65. The van der Waals surface area contributed by atoms with Gasteiger partial charge in [-0.3, -0.25) is 10.1 Å². The summed E-state index contributed by atoms with van der Waals surface area (Å²) < 4.78 is 15.8. The number of hydrogen-bond donors (Lipinski definition) is 1. The molecule has 6 nitrogen and oxygen atoms in total. The summed E-state index contributed by atoms with van der Waals surface area (Å²) in [5.74, 6) is 1.64. The molecule has 0 unspecified atom stereocenters. The molecule has 0 aliphatic rings. The van der Waals surface area contributed by atoms with Gasteiger partial charge in [0.1, 0.15) is 5.75 Å². The third-order valence-corrected chi connectivity index (χ3v) is 5.71. The van der Waals surface area contributed by atoms with Crippen LogP contribution in [0.2, 0.25) is 0 Å². The van der Waals surface area contributed by atoms with Gasteiger partial charge < -0.3 is 14.2 Å². The van der Waals surface area contributed by atoms with Crippen molar-refractivity contribution in [1.29, 1.82) is 0 Å². The molecule has 0 bridgehead atoms. The van der Waals surface area contributed by atoms with E-state index < -0.39 is 0 Å². The van der Waals surface area contributed by atoms with Crippen molar-refractivity contribution >= 4 is 22.4 Å². The van der Waals surface area contributed by atoms with Gasteiger partial charge in [-0.05, 0) is 55.3 Å². The number of carbonyl (C=O) groups excluding carboxylic acids is 1. The molecule has 0 fully saturated rings. The lowest BCUT2D eigenvalue weighted by Crippen LogP contribution is -2.12. The van der Waals surface area contributed by atoms with E-state index in [4.69, 9.17) is 19.2 Å². The number of nitrogens with one attached hydrogen (secondary N) is 1. The van der Waals surface area contributed by atoms with Crippen LogP contribution in [0.15, 0.2) is 42.5 Å². The second kappa shape index (κ2) is 10.1. The molecule has 3 aromatic rings. The summed E-state index contributed by atoms with van der Waals surface area (Å²) in [6, 6.07) is 12.9. The van der Waals surface area contributed by atoms with E-state index in [2.05, 4.69) is 12.2 Å². The van der Waals surface area contributed by atoms with Crippen LogP contribution in [-0.4, -0.2) is 32.2 Å². The Morgan fingerprint density at radius 3 is 2.37 bits per heavy atom. The van der Waals surface area contributed by atoms with Gasteiger partial charge in [-0.2, -0.15) is 0 Å². The molecular weight excluding hydrogens is 400 g/mol. The molecule has 7 heteroatoms. The van der Waals surface area contributed by atoms with E-state index in [0.29, 0.717) is 22.2 Å². The highest BCUT2D eigenvalue weighted by atomic mass is 32.1. The van der Waals surface area contributed by atoms with Gasteiger partial charge in [0.15, 0.2) is 16.6 Å². The summed E-state index contributed by atoms with van der Waals surface area (Å²) in [6.07, 6.45) is 3.07. The maximum absolute atomic E-state index is 12.8. The quantitative estimate of drug-likeness (QED) is 0.494. The highest BCUT2D eigenvalue weighted by Crippen LogP contribution is 2.34. The van der Waals surface area contributed by atoms with Gasteiger partial charge in [0, 0.05) is 16.0 Å². The van der Waals surface area contributed by atoms with Gasteiger partial charge in [0.25, 0.3) is 5.91 Å². The van der Waals surface area contributed by atoms with E-state index in [1.54, 1.807) is 39.5 Å². The monoisotopic (exact) mass is 426 g/mol. The van der Waals surface area contributed by atoms with Crippen molar-refractivity contribution in [3.05, 3.63) is 52.9 Å². The van der Waals surface area contributed by atoms with Crippen molar-refractivity contribution in [3.63, 3.8) is 0 Å². The molecule has 0 aliphatic heterocycles. The Morgan fingerprint density at radius 2 is 1.73 bits per heavy atom. The van der Waals surface area contributed by atoms with E-state index in [9.17, 15) is 4.79 Å². The van der Waals surface area contributed by atoms with E-state index in [1.807, 2.05) is 24.3 Å². The third kappa shape index (κ3) is 4.91. The molecule has 3 rings (SSSR count). The number of carbonyl (C=O) groups is 1. The Kier molecular flexibility index (Phi) is 7.30. The van der Waals surface area contributed by atoms with Gasteiger partial charge in [0.2, 0.25) is 0 Å². The van der Waals surface area contributed by atoms with Gasteiger partial charge in [0.05, 0.1) is 27.0 Å². The second-order valence-corrected chi connectivity index (χ2v) is 7.73. The van der Waals surface area contributed by atoms with Crippen LogP contribution >= 0.6 is 11.3 Å². The standard InChI is InChI=1S/C23H26N2O4S/c1-5-6-7-20-21(15-8-11-17(27-2)12-9-15)24-23(30-20)25-22(26)16-10-13-18(28-3)19(14-16)29-4/h8-14H,5-7H2,1-4H3,(H,24,25,26). The minimum Gasteiger partial charge on any atom is -0.497 e. The molecule has 2 aromatic carbocycles. The van der Waals surface area contributed by atoms with Gasteiger partial charge in [-0.1, -0.05) is 13.3 Å². The largest absolute Gasteiger partial charge is 0.497 e. The first-order valence-corrected chi connectivity index (χ1v) is 10.6. The number of aryl methyl sites for hydroxylation is 1. The number of hydrogen-bond acceptors (Lipinski definition) is 6. The number of amides is 1. The lowest BCUT2D eigenvalue weighted by atomic mass is 10.1. The van der Waals surface area contributed by atoms with Crippen molar-refractivity contribution in [2.75, 3.05) is 26.6 Å². The van der Waals surface area contributed by atoms with Gasteiger partial charge in [-0.15, -0.1) is 11.3 Å². The number of anilines is 1. The van der Waals surface area contributed by atoms with Crippen LogP contribution in [0.1, 0.15) is 35.0 Å². The molecule has 30 heavy (non-hydrogen) atoms. The highest BCUT2D eigenvalue weighted by Gasteiger charge is 2.17. The summed E-state index contributed by atoms with van der Waals surface area (Å²) in [5, 5.41) is 3.50. The normalized spacial score (nSPS) is 10.5. The molecule has 158 valence electrons. The minimum atomic E-state index is -0.243. The van der Waals surface area contributed by atoms with Crippen LogP contribution in [-0.2, 0) is 6.42 Å². The van der Waals surface area contributed by atoms with Crippen molar-refractivity contribution in [2.24, 2.45) is 0 Å². The highest BCUT2D eigenvalue weighted by molar-refractivity contribution is 7.16. The SMILES string of the molecule is CCCCc1sc(NC(=O)c2ccc(OC)c(OC)c2)nc1-c1ccc(OC)cc1. The molecule has 1 N–H and O–H groups in total. The lowest BCUT2D eigenvalue weighted by Gasteiger charge is -2.09. The molecule has 0 aliphatic carbocycles. The summed E-state index contributed by atoms with van der Waals surface area (Å²) in [4.78, 5) is 18.7. The fourth-order valence-electron chi connectivity index (χ4n) is 3.03. The number of aromatic nitrogens is 1. The van der Waals surface area contributed by atoms with Crippen molar-refractivity contribution < 1.29 is 19.0 Å². The zero-order valence-electron chi connectivity index (χ0n) is 17.7. The fourth-order valence-corrected chi connectivity index (χ4v) is 4.05. The van der Waals surface area contributed by atoms with E-state index in [1.165, 1.54) is 11.3 Å². The summed E-state index contributed by atoms with van der Waals surface area (Å²) in [5.41, 5.74) is 2.38. The zero-order valence-corrected chi connectivity index (χ0v) is 18.5. The van der Waals surface area contributed by atoms with Crippen LogP contribution in [0, 0.1) is 0 Å². The van der Waals surface area contributed by atoms with E-state index in [0.717, 1.165) is 41.1 Å². The molecule has 0 saturated heterocycles. The molecule has 1 amide bonds. The minimum absolute atomic E-state index is 0.243. The summed E-state index contributed by atoms with van der Waals surface area (Å²) in [6.45, 7) is 2.16. The van der Waals surface area contributed by atoms with Crippen molar-refractivity contribution in [3.8, 4) is 28.5 Å². The van der Waals surface area contributed by atoms with Crippen LogP contribution in [0.3, 0.4) is 0 Å². The summed E-state index contributed by atoms with van der Waals surface area (Å²) >= 11 is 1.51. The molecule has 0 saturated carbocycles. The first kappa shape index (κ1) is 21.6. The molecule has 0 radical (unpaired) electrons. The summed E-state index contributed by atoms with van der Waals surface area (Å²) in [7, 11) is 4.75. The Balaban J connectivity index is 1.86. The van der Waals surface area contributed by atoms with Crippen LogP contribution < -0.4 is 19.5 Å². The van der Waals surface area contributed by atoms with Crippen LogP contribution in [0.4, 0.5) is 5.13 Å². The first-order chi connectivity index (χ1) is 14.6. The predicted molar refractivity (Wildman–Crippen MR) is 120 cm³/mol. The number of unbranched alkanes of at least 4 members (excludes halogenated alkanes) is 1. The smallest absolute Gasteiger partial charge is 0.257 e. The molecule has 1 heterocycles. The zero-order chi connectivity index (χ0) is 21.5. The number of ether oxygens (including phenoxy) is 3. The molecule has 0 spiro atoms. The van der Waals surface area contributed by atoms with E-state index in [-0.39, 0.29) is 5.91 Å². The topological polar surface area (TPSA) is 69.7 Å². The maximum Gasteiger partial charge on any atom is 0.257 e. The number of nitrogens with zero attached hydrogens (tertiary/aromatic N) is 1. The number of methoxy groups -OCH3 is 3. The molecule has 0 atom stereocenters. The van der Waals surface area contributed by atoms with Crippen molar-refractivity contribution in [2.45, 2.75) is 26.2 Å². The fraction of sp³-hybridized carbons (Fsp3) is 0.304. The predicted octanol–water partition coefficient (Wildman–Crippen LogP) is 5.43. The number of benzene rings is 2. The average Bonchev–Trinajstić information content (AvgIpc) is 3.19. The Labute approximate surface area is 180 Å². The van der Waals surface area contributed by atoms with Gasteiger partial charge in [-0.25, -0.2) is 4.98 Å².